The quantitative estimate of drug-likeness (QED) is 0.526. The monoisotopic (exact) mass is 177 g/mol. The van der Waals surface area contributed by atoms with E-state index in [1.54, 1.807) is 0 Å². The predicted octanol–water partition coefficient (Wildman–Crippen LogP) is 0.456. The van der Waals surface area contributed by atoms with Gasteiger partial charge >= 0.3 is 5.97 Å². The van der Waals surface area contributed by atoms with Crippen molar-refractivity contribution >= 4 is 5.97 Å². The number of carbonyl (C=O) groups excluding carboxylic acids is 1. The normalized spacial score (nSPS) is 8.92. The van der Waals surface area contributed by atoms with Gasteiger partial charge in [0.2, 0.25) is 0 Å². The van der Waals surface area contributed by atoms with Crippen LogP contribution in [0.1, 0.15) is 5.56 Å². The lowest BCUT2D eigenvalue weighted by atomic mass is 10.2. The number of esters is 1. The Morgan fingerprint density at radius 1 is 1.46 bits per heavy atom. The third-order valence-corrected chi connectivity index (χ3v) is 1.34. The molecule has 1 aromatic carbocycles. The van der Waals surface area contributed by atoms with Crippen molar-refractivity contribution < 1.29 is 14.6 Å². The summed E-state index contributed by atoms with van der Waals surface area (Å²) in [5, 5.41) is 16.8. The molecule has 0 aliphatic heterocycles. The maximum absolute atomic E-state index is 10.6. The summed E-state index contributed by atoms with van der Waals surface area (Å²) < 4.78 is 4.66. The lowest BCUT2D eigenvalue weighted by Gasteiger charge is -2.00. The molecule has 0 radical (unpaired) electrons. The van der Waals surface area contributed by atoms with Gasteiger partial charge in [-0.15, -0.1) is 0 Å². The number of nitriles is 1. The summed E-state index contributed by atoms with van der Waals surface area (Å²) in [6, 6.07) is 7.97. The Bertz CT molecular complexity index is 337. The first-order valence-electron chi connectivity index (χ1n) is 3.58. The molecule has 0 spiro atoms. The lowest BCUT2D eigenvalue weighted by Crippen LogP contribution is -2.11. The van der Waals surface area contributed by atoms with Gasteiger partial charge in [-0.3, -0.25) is 0 Å². The molecule has 0 aromatic heterocycles. The Morgan fingerprint density at radius 3 is 2.54 bits per heavy atom. The molecule has 1 N–H and O–H groups in total. The average molecular weight is 177 g/mol. The van der Waals surface area contributed by atoms with E-state index in [9.17, 15) is 4.79 Å². The number of rotatable bonds is 2. The number of aliphatic hydroxyl groups is 1. The van der Waals surface area contributed by atoms with Crippen LogP contribution in [0.15, 0.2) is 24.3 Å². The van der Waals surface area contributed by atoms with Crippen molar-refractivity contribution in [2.24, 2.45) is 0 Å². The Hall–Kier alpha value is -1.86. The van der Waals surface area contributed by atoms with Gasteiger partial charge in [0.25, 0.3) is 0 Å². The minimum atomic E-state index is -0.718. The molecule has 1 rings (SSSR count). The SMILES string of the molecule is N#Cc1ccc(OC(=O)CO)cc1. The second-order valence-corrected chi connectivity index (χ2v) is 2.27. The highest BCUT2D eigenvalue weighted by Gasteiger charge is 2.01. The molecule has 4 heteroatoms. The maximum atomic E-state index is 10.6. The summed E-state index contributed by atoms with van der Waals surface area (Å²) in [5.41, 5.74) is 0.490. The Labute approximate surface area is 75.0 Å². The van der Waals surface area contributed by atoms with Crippen LogP contribution in [-0.4, -0.2) is 17.7 Å². The van der Waals surface area contributed by atoms with Crippen molar-refractivity contribution in [2.45, 2.75) is 0 Å². The first-order valence-corrected chi connectivity index (χ1v) is 3.58. The van der Waals surface area contributed by atoms with Gasteiger partial charge in [0.15, 0.2) is 0 Å². The Balaban J connectivity index is 2.71. The molecule has 13 heavy (non-hydrogen) atoms. The fraction of sp³-hybridized carbons (Fsp3) is 0.111. The summed E-state index contributed by atoms with van der Waals surface area (Å²) in [6.07, 6.45) is 0. The van der Waals surface area contributed by atoms with E-state index < -0.39 is 12.6 Å². The van der Waals surface area contributed by atoms with Crippen LogP contribution in [0.4, 0.5) is 0 Å². The van der Waals surface area contributed by atoms with Gasteiger partial charge in [-0.2, -0.15) is 5.26 Å². The zero-order chi connectivity index (χ0) is 9.68. The third-order valence-electron chi connectivity index (χ3n) is 1.34. The number of aliphatic hydroxyl groups excluding tert-OH is 1. The van der Waals surface area contributed by atoms with Crippen LogP contribution in [0.2, 0.25) is 0 Å². The van der Waals surface area contributed by atoms with Crippen molar-refractivity contribution in [3.05, 3.63) is 29.8 Å². The van der Waals surface area contributed by atoms with Crippen LogP contribution in [0.25, 0.3) is 0 Å². The standard InChI is InChI=1S/C9H7NO3/c10-5-7-1-3-8(4-2-7)13-9(12)6-11/h1-4,11H,6H2. The molecule has 0 unspecified atom stereocenters. The predicted molar refractivity (Wildman–Crippen MR) is 43.9 cm³/mol. The number of ether oxygens (including phenoxy) is 1. The van der Waals surface area contributed by atoms with Crippen molar-refractivity contribution in [3.8, 4) is 11.8 Å². The second-order valence-electron chi connectivity index (χ2n) is 2.27. The van der Waals surface area contributed by atoms with Crippen LogP contribution >= 0.6 is 0 Å². The van der Waals surface area contributed by atoms with Crippen LogP contribution < -0.4 is 4.74 Å². The molecule has 0 fully saturated rings. The van der Waals surface area contributed by atoms with Gasteiger partial charge in [0.1, 0.15) is 12.4 Å². The molecule has 66 valence electrons. The molecule has 1 aromatic rings. The van der Waals surface area contributed by atoms with Crippen molar-refractivity contribution in [1.82, 2.24) is 0 Å². The minimum absolute atomic E-state index is 0.318. The maximum Gasteiger partial charge on any atom is 0.337 e. The highest BCUT2D eigenvalue weighted by atomic mass is 16.5. The van der Waals surface area contributed by atoms with Gasteiger partial charge in [-0.25, -0.2) is 4.79 Å². The van der Waals surface area contributed by atoms with Gasteiger partial charge in [-0.05, 0) is 24.3 Å². The number of carbonyl (C=O) groups is 1. The van der Waals surface area contributed by atoms with E-state index in [0.717, 1.165) is 0 Å². The first kappa shape index (κ1) is 9.23. The molecule has 0 saturated heterocycles. The number of hydrogen-bond acceptors (Lipinski definition) is 4. The summed E-state index contributed by atoms with van der Waals surface area (Å²) in [6.45, 7) is -0.653. The third kappa shape index (κ3) is 2.58. The zero-order valence-electron chi connectivity index (χ0n) is 6.73. The average Bonchev–Trinajstić information content (AvgIpc) is 2.19. The summed E-state index contributed by atoms with van der Waals surface area (Å²) >= 11 is 0. The summed E-state index contributed by atoms with van der Waals surface area (Å²) in [7, 11) is 0. The number of nitrogens with zero attached hydrogens (tertiary/aromatic N) is 1. The van der Waals surface area contributed by atoms with E-state index in [4.69, 9.17) is 10.4 Å². The molecule has 0 saturated carbocycles. The molecular weight excluding hydrogens is 170 g/mol. The van der Waals surface area contributed by atoms with Crippen LogP contribution in [-0.2, 0) is 4.79 Å². The van der Waals surface area contributed by atoms with Crippen molar-refractivity contribution in [2.75, 3.05) is 6.61 Å². The van der Waals surface area contributed by atoms with E-state index in [1.165, 1.54) is 24.3 Å². The van der Waals surface area contributed by atoms with Gasteiger partial charge in [0, 0.05) is 0 Å². The van der Waals surface area contributed by atoms with E-state index in [1.807, 2.05) is 6.07 Å². The van der Waals surface area contributed by atoms with Gasteiger partial charge < -0.3 is 9.84 Å². The molecule has 0 bridgehead atoms. The molecule has 0 atom stereocenters. The van der Waals surface area contributed by atoms with Crippen molar-refractivity contribution in [3.63, 3.8) is 0 Å². The Kier molecular flexibility index (Phi) is 3.01. The molecule has 0 amide bonds. The van der Waals surface area contributed by atoms with Crippen molar-refractivity contribution in [1.29, 1.82) is 5.26 Å². The molecule has 0 aliphatic rings. The fourth-order valence-electron chi connectivity index (χ4n) is 0.761. The minimum Gasteiger partial charge on any atom is -0.425 e. The Morgan fingerprint density at radius 2 is 2.08 bits per heavy atom. The zero-order valence-corrected chi connectivity index (χ0v) is 6.73. The number of benzene rings is 1. The summed E-state index contributed by atoms with van der Waals surface area (Å²) in [5.74, 6) is -0.400. The lowest BCUT2D eigenvalue weighted by molar-refractivity contribution is -0.137. The largest absolute Gasteiger partial charge is 0.425 e. The van der Waals surface area contributed by atoms with E-state index >= 15 is 0 Å². The molecular formula is C9H7NO3. The van der Waals surface area contributed by atoms with E-state index in [-0.39, 0.29) is 0 Å². The molecule has 4 nitrogen and oxygen atoms in total. The number of hydrogen-bond donors (Lipinski definition) is 1. The van der Waals surface area contributed by atoms with Gasteiger partial charge in [-0.1, -0.05) is 0 Å². The first-order chi connectivity index (χ1) is 6.26. The van der Waals surface area contributed by atoms with E-state index in [2.05, 4.69) is 4.74 Å². The van der Waals surface area contributed by atoms with Gasteiger partial charge in [0.05, 0.1) is 11.6 Å². The highest BCUT2D eigenvalue weighted by molar-refractivity contribution is 5.73. The van der Waals surface area contributed by atoms with Crippen LogP contribution in [0.3, 0.4) is 0 Å². The van der Waals surface area contributed by atoms with E-state index in [0.29, 0.717) is 11.3 Å². The molecule has 0 heterocycles. The van der Waals surface area contributed by atoms with Crippen LogP contribution in [0, 0.1) is 11.3 Å². The second kappa shape index (κ2) is 4.24. The molecule has 0 aliphatic carbocycles. The smallest absolute Gasteiger partial charge is 0.337 e. The highest BCUT2D eigenvalue weighted by Crippen LogP contribution is 2.11. The summed E-state index contributed by atoms with van der Waals surface area (Å²) in [4.78, 5) is 10.6. The topological polar surface area (TPSA) is 70.3 Å². The van der Waals surface area contributed by atoms with Crippen LogP contribution in [0.5, 0.6) is 5.75 Å². The fourth-order valence-corrected chi connectivity index (χ4v) is 0.761.